The highest BCUT2D eigenvalue weighted by atomic mass is 32.1. The van der Waals surface area contributed by atoms with Crippen molar-refractivity contribution in [2.24, 2.45) is 0 Å². The van der Waals surface area contributed by atoms with Gasteiger partial charge in [-0.25, -0.2) is 9.97 Å². The van der Waals surface area contributed by atoms with E-state index in [1.54, 1.807) is 23.5 Å². The van der Waals surface area contributed by atoms with Crippen molar-refractivity contribution in [2.75, 3.05) is 50.6 Å². The van der Waals surface area contributed by atoms with Crippen molar-refractivity contribution in [2.45, 2.75) is 25.4 Å². The normalized spacial score (nSPS) is 16.0. The lowest BCUT2D eigenvalue weighted by atomic mass is 10.0. The van der Waals surface area contributed by atoms with Crippen molar-refractivity contribution in [1.29, 1.82) is 0 Å². The molecule has 0 saturated carbocycles. The van der Waals surface area contributed by atoms with Crippen LogP contribution in [0.2, 0.25) is 0 Å². The fourth-order valence-corrected chi connectivity index (χ4v) is 7.09. The molecule has 2 N–H and O–H groups in total. The van der Waals surface area contributed by atoms with E-state index in [-0.39, 0.29) is 56.0 Å². The van der Waals surface area contributed by atoms with Crippen LogP contribution in [0.3, 0.4) is 0 Å². The molecule has 5 aromatic rings. The first kappa shape index (κ1) is 32.2. The van der Waals surface area contributed by atoms with Crippen molar-refractivity contribution in [3.05, 3.63) is 84.2 Å². The fraction of sp³-hybridized carbons (Fsp3) is 0.278. The number of phenolic OH excluding ortho intramolecular Hbond substituents is 1. The number of carbonyl (C=O) groups is 3. The third kappa shape index (κ3) is 6.67. The molecule has 1 saturated heterocycles. The molecule has 2 aliphatic heterocycles. The second-order valence-electron chi connectivity index (χ2n) is 12.2. The molecule has 0 radical (unpaired) electrons. The van der Waals surface area contributed by atoms with Gasteiger partial charge in [-0.05, 0) is 66.6 Å². The molecule has 13 heteroatoms. The number of benzene rings is 2. The zero-order valence-corrected chi connectivity index (χ0v) is 27.9. The van der Waals surface area contributed by atoms with Gasteiger partial charge in [0.2, 0.25) is 5.91 Å². The maximum Gasteiger partial charge on any atom is 0.255 e. The van der Waals surface area contributed by atoms with Crippen LogP contribution in [-0.2, 0) is 20.9 Å². The molecular weight excluding hydrogens is 643 g/mol. The van der Waals surface area contributed by atoms with Gasteiger partial charge in [-0.3, -0.25) is 24.3 Å². The lowest BCUT2D eigenvalue weighted by Crippen LogP contribution is -2.55. The molecule has 49 heavy (non-hydrogen) atoms. The van der Waals surface area contributed by atoms with E-state index in [0.717, 1.165) is 43.6 Å². The number of likely N-dealkylation sites (tertiary alicyclic amines) is 1. The van der Waals surface area contributed by atoms with E-state index in [9.17, 15) is 19.5 Å². The Morgan fingerprint density at radius 2 is 1.80 bits per heavy atom. The Morgan fingerprint density at radius 3 is 2.55 bits per heavy atom. The van der Waals surface area contributed by atoms with Crippen LogP contribution in [0, 0.1) is 0 Å². The number of piperidine rings is 1. The lowest BCUT2D eigenvalue weighted by Gasteiger charge is -2.35. The maximum absolute atomic E-state index is 13.3. The molecule has 1 fully saturated rings. The van der Waals surface area contributed by atoms with Gasteiger partial charge in [0.05, 0.1) is 35.7 Å². The second-order valence-corrected chi connectivity index (χ2v) is 13.2. The number of imide groups is 1. The van der Waals surface area contributed by atoms with E-state index in [4.69, 9.17) is 9.72 Å². The first-order valence-corrected chi connectivity index (χ1v) is 16.9. The van der Waals surface area contributed by atoms with E-state index in [1.165, 1.54) is 15.9 Å². The molecule has 3 amide bonds. The molecule has 0 aliphatic carbocycles. The molecule has 1 atom stereocenters. The van der Waals surface area contributed by atoms with Crippen LogP contribution in [0.25, 0.3) is 32.0 Å². The van der Waals surface area contributed by atoms with Crippen molar-refractivity contribution in [3.63, 3.8) is 0 Å². The minimum atomic E-state index is -0.720. The van der Waals surface area contributed by atoms with Crippen molar-refractivity contribution in [1.82, 2.24) is 24.8 Å². The molecule has 2 aliphatic rings. The number of ether oxygens (including phenoxy) is 1. The summed E-state index contributed by atoms with van der Waals surface area (Å²) < 4.78 is 6.80. The number of anilines is 2. The fourth-order valence-electron chi connectivity index (χ4n) is 6.11. The number of fused-ring (bicyclic) bond motifs is 2. The zero-order valence-electron chi connectivity index (χ0n) is 27.1. The average Bonchev–Trinajstić information content (AvgIpc) is 3.67. The maximum atomic E-state index is 13.3. The standard InChI is InChI=1S/C36H35N7O5S/c1-41(2)32-11-4-23(20-39-32)22-3-8-29(38-19-22)34-40-28-9-5-25(18-31(28)49-34)37-13-15-48-16-14-42-33(45)12-10-30(36(42)47)43-21-24-17-26(44)6-7-27(24)35(43)46/h3-9,11,17-20,30,37,44H,10,12-16,21H2,1-2H3. The molecule has 3 aromatic heterocycles. The average molecular weight is 678 g/mol. The van der Waals surface area contributed by atoms with Gasteiger partial charge in [0.1, 0.15) is 22.6 Å². The highest BCUT2D eigenvalue weighted by Crippen LogP contribution is 2.33. The van der Waals surface area contributed by atoms with E-state index >= 15 is 0 Å². The monoisotopic (exact) mass is 677 g/mol. The number of hydrogen-bond donors (Lipinski definition) is 2. The van der Waals surface area contributed by atoms with Gasteiger partial charge in [0.25, 0.3) is 11.8 Å². The van der Waals surface area contributed by atoms with Gasteiger partial charge < -0.3 is 25.0 Å². The van der Waals surface area contributed by atoms with Gasteiger partial charge in [-0.1, -0.05) is 6.07 Å². The number of carbonyl (C=O) groups excluding carboxylic acids is 3. The topological polar surface area (TPSA) is 141 Å². The predicted molar refractivity (Wildman–Crippen MR) is 187 cm³/mol. The molecule has 250 valence electrons. The van der Waals surface area contributed by atoms with Gasteiger partial charge in [-0.2, -0.15) is 0 Å². The van der Waals surface area contributed by atoms with Crippen LogP contribution in [0.5, 0.6) is 5.75 Å². The van der Waals surface area contributed by atoms with Crippen LogP contribution in [-0.4, -0.2) is 94.0 Å². The first-order chi connectivity index (χ1) is 23.7. The SMILES string of the molecule is CN(C)c1ccc(-c2ccc(-c3nc4ccc(NCCOCCN5C(=O)CCC(N6Cc7cc(O)ccc7C6=O)C5=O)cc4s3)nc2)cn1. The Hall–Kier alpha value is -5.40. The largest absolute Gasteiger partial charge is 0.508 e. The molecule has 2 aromatic carbocycles. The van der Waals surface area contributed by atoms with Crippen molar-refractivity contribution < 1.29 is 24.2 Å². The van der Waals surface area contributed by atoms with Gasteiger partial charge >= 0.3 is 0 Å². The summed E-state index contributed by atoms with van der Waals surface area (Å²) in [5.74, 6) is 0.0555. The summed E-state index contributed by atoms with van der Waals surface area (Å²) in [6, 6.07) is 17.9. The van der Waals surface area contributed by atoms with Gasteiger partial charge in [0.15, 0.2) is 0 Å². The Kier molecular flexibility index (Phi) is 8.93. The number of nitrogens with one attached hydrogen (secondary N) is 1. The molecule has 7 rings (SSSR count). The zero-order chi connectivity index (χ0) is 34.1. The summed E-state index contributed by atoms with van der Waals surface area (Å²) in [5, 5.41) is 14.0. The quantitative estimate of drug-likeness (QED) is 0.148. The minimum Gasteiger partial charge on any atom is -0.508 e. The summed E-state index contributed by atoms with van der Waals surface area (Å²) in [4.78, 5) is 57.4. The number of nitrogens with zero attached hydrogens (tertiary/aromatic N) is 6. The summed E-state index contributed by atoms with van der Waals surface area (Å²) in [5.41, 5.74) is 5.76. The Bertz CT molecular complexity index is 2030. The smallest absolute Gasteiger partial charge is 0.255 e. The number of phenols is 1. The third-order valence-electron chi connectivity index (χ3n) is 8.73. The number of aromatic hydroxyl groups is 1. The lowest BCUT2D eigenvalue weighted by molar-refractivity contribution is -0.153. The Morgan fingerprint density at radius 1 is 0.980 bits per heavy atom. The van der Waals surface area contributed by atoms with Crippen molar-refractivity contribution >= 4 is 50.8 Å². The summed E-state index contributed by atoms with van der Waals surface area (Å²) in [6.45, 7) is 1.44. The number of pyridine rings is 2. The Balaban J connectivity index is 0.888. The number of aromatic nitrogens is 3. The van der Waals surface area contributed by atoms with E-state index in [0.29, 0.717) is 24.3 Å². The summed E-state index contributed by atoms with van der Waals surface area (Å²) >= 11 is 1.57. The predicted octanol–water partition coefficient (Wildman–Crippen LogP) is 4.79. The number of thiazole rings is 1. The van der Waals surface area contributed by atoms with Gasteiger partial charge in [0, 0.05) is 68.4 Å². The Labute approximate surface area is 287 Å². The number of amides is 3. The van der Waals surface area contributed by atoms with E-state index in [2.05, 4.69) is 15.3 Å². The highest BCUT2D eigenvalue weighted by Gasteiger charge is 2.42. The molecule has 1 unspecified atom stereocenters. The molecule has 0 spiro atoms. The van der Waals surface area contributed by atoms with E-state index in [1.807, 2.05) is 73.9 Å². The van der Waals surface area contributed by atoms with Gasteiger partial charge in [-0.15, -0.1) is 11.3 Å². The van der Waals surface area contributed by atoms with E-state index < -0.39 is 6.04 Å². The van der Waals surface area contributed by atoms with Crippen molar-refractivity contribution in [3.8, 4) is 27.6 Å². The minimum absolute atomic E-state index is 0.0705. The first-order valence-electron chi connectivity index (χ1n) is 16.0. The molecule has 12 nitrogen and oxygen atoms in total. The third-order valence-corrected chi connectivity index (χ3v) is 9.77. The molecular formula is C36H35N7O5S. The summed E-state index contributed by atoms with van der Waals surface area (Å²) in [6.07, 6.45) is 4.15. The molecule has 5 heterocycles. The highest BCUT2D eigenvalue weighted by molar-refractivity contribution is 7.21. The second kappa shape index (κ2) is 13.6. The van der Waals surface area contributed by atoms with Crippen LogP contribution in [0.1, 0.15) is 28.8 Å². The summed E-state index contributed by atoms with van der Waals surface area (Å²) in [7, 11) is 3.92. The number of hydrogen-bond acceptors (Lipinski definition) is 11. The number of rotatable bonds is 11. The molecule has 0 bridgehead atoms. The van der Waals surface area contributed by atoms with Crippen LogP contribution < -0.4 is 10.2 Å². The van der Waals surface area contributed by atoms with Crippen LogP contribution >= 0.6 is 11.3 Å². The van der Waals surface area contributed by atoms with Crippen LogP contribution in [0.15, 0.2) is 73.1 Å². The van der Waals surface area contributed by atoms with Crippen LogP contribution in [0.4, 0.5) is 11.5 Å².